The zero-order chi connectivity index (χ0) is 14.6. The highest BCUT2D eigenvalue weighted by atomic mass is 35.5. The summed E-state index contributed by atoms with van der Waals surface area (Å²) in [5, 5.41) is 3.21. The molecule has 2 rings (SSSR count). The normalized spacial score (nSPS) is 21.1. The van der Waals surface area contributed by atoms with Crippen LogP contribution in [0.5, 0.6) is 0 Å². The Bertz CT molecular complexity index is 571. The average Bonchev–Trinajstić information content (AvgIpc) is 2.37. The molecule has 5 nitrogen and oxygen atoms in total. The predicted octanol–water partition coefficient (Wildman–Crippen LogP) is 2.14. The lowest BCUT2D eigenvalue weighted by Gasteiger charge is -2.22. The molecule has 1 unspecified atom stereocenters. The molecule has 0 radical (unpaired) electrons. The van der Waals surface area contributed by atoms with E-state index in [-0.39, 0.29) is 24.2 Å². The van der Waals surface area contributed by atoms with Gasteiger partial charge >= 0.3 is 6.09 Å². The van der Waals surface area contributed by atoms with Gasteiger partial charge in [-0.15, -0.1) is 0 Å². The first-order valence-electron chi connectivity index (χ1n) is 6.33. The summed E-state index contributed by atoms with van der Waals surface area (Å²) in [6.45, 7) is 0.127. The molecule has 7 heteroatoms. The maximum Gasteiger partial charge on any atom is 0.407 e. The standard InChI is InChI=1S/C13H16ClNO4S/c14-11-5-3-10(4-6-11)8-19-13(16)15-12-2-1-7-20(17,18)9-12/h3-6,12H,1-2,7-9H2,(H,15,16). The number of alkyl carbamates (subject to hydrolysis) is 1. The fourth-order valence-corrected chi connectivity index (χ4v) is 3.84. The van der Waals surface area contributed by atoms with Crippen LogP contribution < -0.4 is 5.32 Å². The van der Waals surface area contributed by atoms with E-state index in [4.69, 9.17) is 16.3 Å². The Morgan fingerprint density at radius 3 is 2.70 bits per heavy atom. The number of carbonyl (C=O) groups is 1. The molecular weight excluding hydrogens is 302 g/mol. The lowest BCUT2D eigenvalue weighted by molar-refractivity contribution is 0.136. The molecule has 1 aromatic carbocycles. The van der Waals surface area contributed by atoms with Gasteiger partial charge in [0.2, 0.25) is 0 Å². The summed E-state index contributed by atoms with van der Waals surface area (Å²) in [7, 11) is -3.03. The van der Waals surface area contributed by atoms with Gasteiger partial charge in [-0.2, -0.15) is 0 Å². The van der Waals surface area contributed by atoms with Gasteiger partial charge in [0.1, 0.15) is 6.61 Å². The van der Waals surface area contributed by atoms with E-state index in [2.05, 4.69) is 5.32 Å². The number of carbonyl (C=O) groups excluding carboxylic acids is 1. The fraction of sp³-hybridized carbons (Fsp3) is 0.462. The van der Waals surface area contributed by atoms with Crippen LogP contribution in [0.2, 0.25) is 5.02 Å². The molecule has 1 aliphatic heterocycles. The minimum absolute atomic E-state index is 0.0109. The number of nitrogens with one attached hydrogen (secondary N) is 1. The SMILES string of the molecule is O=C(NC1CCCS(=O)(=O)C1)OCc1ccc(Cl)cc1. The molecular formula is C13H16ClNO4S. The van der Waals surface area contributed by atoms with Crippen LogP contribution in [0.1, 0.15) is 18.4 Å². The molecule has 110 valence electrons. The van der Waals surface area contributed by atoms with Gasteiger partial charge in [0, 0.05) is 11.1 Å². The van der Waals surface area contributed by atoms with Gasteiger partial charge in [-0.25, -0.2) is 13.2 Å². The van der Waals surface area contributed by atoms with Crippen molar-refractivity contribution in [2.75, 3.05) is 11.5 Å². The van der Waals surface area contributed by atoms with Crippen molar-refractivity contribution in [1.29, 1.82) is 0 Å². The van der Waals surface area contributed by atoms with Gasteiger partial charge in [0.15, 0.2) is 9.84 Å². The number of amides is 1. The van der Waals surface area contributed by atoms with Crippen molar-refractivity contribution in [3.63, 3.8) is 0 Å². The monoisotopic (exact) mass is 317 g/mol. The summed E-state index contributed by atoms with van der Waals surface area (Å²) in [5.41, 5.74) is 0.820. The smallest absolute Gasteiger partial charge is 0.407 e. The minimum atomic E-state index is -3.03. The molecule has 0 saturated carbocycles. The van der Waals surface area contributed by atoms with E-state index in [1.54, 1.807) is 24.3 Å². The Labute approximate surface area is 123 Å². The summed E-state index contributed by atoms with van der Waals surface area (Å²) < 4.78 is 27.9. The zero-order valence-electron chi connectivity index (χ0n) is 10.8. The first-order valence-corrected chi connectivity index (χ1v) is 8.53. The number of ether oxygens (including phenoxy) is 1. The average molecular weight is 318 g/mol. The molecule has 0 aliphatic carbocycles. The minimum Gasteiger partial charge on any atom is -0.445 e. The Kier molecular flexibility index (Phi) is 4.88. The number of halogens is 1. The highest BCUT2D eigenvalue weighted by Gasteiger charge is 2.26. The van der Waals surface area contributed by atoms with Crippen LogP contribution >= 0.6 is 11.6 Å². The maximum atomic E-state index is 11.6. The van der Waals surface area contributed by atoms with Gasteiger partial charge in [-0.1, -0.05) is 23.7 Å². The van der Waals surface area contributed by atoms with Gasteiger partial charge in [0.05, 0.1) is 11.5 Å². The highest BCUT2D eigenvalue weighted by molar-refractivity contribution is 7.91. The second-order valence-corrected chi connectivity index (χ2v) is 7.47. The maximum absolute atomic E-state index is 11.6. The van der Waals surface area contributed by atoms with Crippen LogP contribution in [-0.4, -0.2) is 32.1 Å². The van der Waals surface area contributed by atoms with Crippen molar-refractivity contribution in [3.8, 4) is 0 Å². The topological polar surface area (TPSA) is 72.5 Å². The number of rotatable bonds is 3. The fourth-order valence-electron chi connectivity index (χ4n) is 2.07. The Hall–Kier alpha value is -1.27. The van der Waals surface area contributed by atoms with Crippen molar-refractivity contribution in [1.82, 2.24) is 5.32 Å². The van der Waals surface area contributed by atoms with Gasteiger partial charge in [-0.3, -0.25) is 0 Å². The van der Waals surface area contributed by atoms with Crippen molar-refractivity contribution < 1.29 is 17.9 Å². The van der Waals surface area contributed by atoms with E-state index in [1.165, 1.54) is 0 Å². The van der Waals surface area contributed by atoms with Crippen LogP contribution in [0, 0.1) is 0 Å². The molecule has 1 saturated heterocycles. The Morgan fingerprint density at radius 2 is 2.05 bits per heavy atom. The second kappa shape index (κ2) is 6.45. The van der Waals surface area contributed by atoms with Crippen LogP contribution in [0.15, 0.2) is 24.3 Å². The summed E-state index contributed by atoms with van der Waals surface area (Å²) in [6, 6.07) is 6.60. The summed E-state index contributed by atoms with van der Waals surface area (Å²) in [4.78, 5) is 11.6. The van der Waals surface area contributed by atoms with Crippen molar-refractivity contribution in [2.45, 2.75) is 25.5 Å². The quantitative estimate of drug-likeness (QED) is 0.927. The third kappa shape index (κ3) is 4.68. The zero-order valence-corrected chi connectivity index (χ0v) is 12.4. The molecule has 1 amide bonds. The summed E-state index contributed by atoms with van der Waals surface area (Å²) in [6.07, 6.45) is 0.641. The van der Waals surface area contributed by atoms with Crippen LogP contribution in [0.25, 0.3) is 0 Å². The molecule has 1 N–H and O–H groups in total. The van der Waals surface area contributed by atoms with Gasteiger partial charge < -0.3 is 10.1 Å². The van der Waals surface area contributed by atoms with E-state index < -0.39 is 15.9 Å². The van der Waals surface area contributed by atoms with Gasteiger partial charge in [-0.05, 0) is 30.5 Å². The van der Waals surface area contributed by atoms with Crippen molar-refractivity contribution in [3.05, 3.63) is 34.9 Å². The number of hydrogen-bond acceptors (Lipinski definition) is 4. The first-order chi connectivity index (χ1) is 9.44. The molecule has 1 atom stereocenters. The summed E-state index contributed by atoms with van der Waals surface area (Å²) in [5.74, 6) is 0.189. The summed E-state index contributed by atoms with van der Waals surface area (Å²) >= 11 is 5.75. The highest BCUT2D eigenvalue weighted by Crippen LogP contribution is 2.13. The van der Waals surface area contributed by atoms with Crippen LogP contribution in [0.3, 0.4) is 0 Å². The molecule has 0 bridgehead atoms. The van der Waals surface area contributed by atoms with Crippen LogP contribution in [-0.2, 0) is 21.2 Å². The van der Waals surface area contributed by atoms with E-state index in [1.807, 2.05) is 0 Å². The van der Waals surface area contributed by atoms with Gasteiger partial charge in [0.25, 0.3) is 0 Å². The lowest BCUT2D eigenvalue weighted by atomic mass is 10.2. The number of benzene rings is 1. The third-order valence-electron chi connectivity index (χ3n) is 3.07. The van der Waals surface area contributed by atoms with Crippen LogP contribution in [0.4, 0.5) is 4.79 Å². The molecule has 1 heterocycles. The first kappa shape index (κ1) is 15.1. The van der Waals surface area contributed by atoms with E-state index >= 15 is 0 Å². The number of sulfone groups is 1. The lowest BCUT2D eigenvalue weighted by Crippen LogP contribution is -2.43. The molecule has 0 aromatic heterocycles. The van der Waals surface area contributed by atoms with Crippen molar-refractivity contribution >= 4 is 27.5 Å². The predicted molar refractivity (Wildman–Crippen MR) is 76.4 cm³/mol. The second-order valence-electron chi connectivity index (χ2n) is 4.80. The molecule has 20 heavy (non-hydrogen) atoms. The Balaban J connectivity index is 1.79. The van der Waals surface area contributed by atoms with E-state index in [0.717, 1.165) is 5.56 Å². The molecule has 1 fully saturated rings. The molecule has 1 aromatic rings. The largest absolute Gasteiger partial charge is 0.445 e. The third-order valence-corrected chi connectivity index (χ3v) is 5.14. The van der Waals surface area contributed by atoms with Crippen molar-refractivity contribution in [2.24, 2.45) is 0 Å². The van der Waals surface area contributed by atoms with E-state index in [9.17, 15) is 13.2 Å². The van der Waals surface area contributed by atoms with E-state index in [0.29, 0.717) is 17.9 Å². The Morgan fingerprint density at radius 1 is 1.35 bits per heavy atom. The molecule has 0 spiro atoms. The molecule has 1 aliphatic rings. The number of hydrogen-bond donors (Lipinski definition) is 1.